The van der Waals surface area contributed by atoms with Crippen LogP contribution in [0.2, 0.25) is 0 Å². The predicted molar refractivity (Wildman–Crippen MR) is 76.3 cm³/mol. The third-order valence-corrected chi connectivity index (χ3v) is 3.14. The number of ether oxygens (including phenoxy) is 1. The number of rotatable bonds is 14. The molecule has 0 unspecified atom stereocenters. The first kappa shape index (κ1) is 16.9. The highest BCUT2D eigenvalue weighted by Gasteiger charge is 1.92. The number of unbranched alkanes of at least 4 members (excludes halogenated alkanes) is 9. The Balaban J connectivity index is 2.85. The Morgan fingerprint density at radius 3 is 1.65 bits per heavy atom. The van der Waals surface area contributed by atoms with Crippen molar-refractivity contribution < 1.29 is 4.74 Å². The Hall–Kier alpha value is -0.0800. The SMILES string of the molecule is CCCCCCCCOCCCCCCCN. The molecule has 0 aromatic rings. The third-order valence-electron chi connectivity index (χ3n) is 3.14. The van der Waals surface area contributed by atoms with Crippen molar-refractivity contribution in [1.29, 1.82) is 0 Å². The van der Waals surface area contributed by atoms with Crippen LogP contribution < -0.4 is 5.73 Å². The molecule has 0 saturated carbocycles. The molecule has 0 saturated heterocycles. The molecule has 0 bridgehead atoms. The quantitative estimate of drug-likeness (QED) is 0.462. The monoisotopic (exact) mass is 243 g/mol. The number of hydrogen-bond donors (Lipinski definition) is 1. The van der Waals surface area contributed by atoms with E-state index in [0.29, 0.717) is 0 Å². The van der Waals surface area contributed by atoms with Crippen molar-refractivity contribution in [3.63, 3.8) is 0 Å². The Labute approximate surface area is 108 Å². The summed E-state index contributed by atoms with van der Waals surface area (Å²) in [6.45, 7) is 5.03. The summed E-state index contributed by atoms with van der Waals surface area (Å²) in [7, 11) is 0. The van der Waals surface area contributed by atoms with E-state index in [2.05, 4.69) is 6.92 Å². The topological polar surface area (TPSA) is 35.2 Å². The van der Waals surface area contributed by atoms with Gasteiger partial charge in [0.25, 0.3) is 0 Å². The fourth-order valence-corrected chi connectivity index (χ4v) is 1.97. The Kier molecular flexibility index (Phi) is 15.8. The van der Waals surface area contributed by atoms with Crippen LogP contribution in [-0.2, 0) is 4.74 Å². The molecule has 0 rings (SSSR count). The van der Waals surface area contributed by atoms with Gasteiger partial charge >= 0.3 is 0 Å². The second kappa shape index (κ2) is 15.9. The van der Waals surface area contributed by atoms with Gasteiger partial charge in [0.2, 0.25) is 0 Å². The van der Waals surface area contributed by atoms with Crippen LogP contribution in [0.1, 0.15) is 77.6 Å². The van der Waals surface area contributed by atoms with Gasteiger partial charge in [-0.2, -0.15) is 0 Å². The lowest BCUT2D eigenvalue weighted by molar-refractivity contribution is 0.125. The molecule has 0 aromatic heterocycles. The van der Waals surface area contributed by atoms with E-state index in [4.69, 9.17) is 10.5 Å². The van der Waals surface area contributed by atoms with Crippen LogP contribution in [0.3, 0.4) is 0 Å². The summed E-state index contributed by atoms with van der Waals surface area (Å²) in [6.07, 6.45) is 14.4. The predicted octanol–water partition coefficient (Wildman–Crippen LogP) is 4.27. The van der Waals surface area contributed by atoms with Gasteiger partial charge in [0.1, 0.15) is 0 Å². The highest BCUT2D eigenvalue weighted by Crippen LogP contribution is 2.06. The average molecular weight is 243 g/mol. The summed E-state index contributed by atoms with van der Waals surface area (Å²) in [5, 5.41) is 0. The Morgan fingerprint density at radius 1 is 0.647 bits per heavy atom. The first-order valence-corrected chi connectivity index (χ1v) is 7.69. The zero-order chi connectivity index (χ0) is 12.6. The van der Waals surface area contributed by atoms with E-state index in [1.54, 1.807) is 0 Å². The molecule has 0 aromatic carbocycles. The maximum atomic E-state index is 5.62. The first-order chi connectivity index (χ1) is 8.41. The van der Waals surface area contributed by atoms with Gasteiger partial charge in [0.05, 0.1) is 0 Å². The van der Waals surface area contributed by atoms with Crippen LogP contribution in [0, 0.1) is 0 Å². The van der Waals surface area contributed by atoms with Crippen molar-refractivity contribution in [2.45, 2.75) is 77.6 Å². The summed E-state index contributed by atoms with van der Waals surface area (Å²) in [4.78, 5) is 0. The molecule has 0 aliphatic heterocycles. The van der Waals surface area contributed by atoms with Crippen LogP contribution in [0.15, 0.2) is 0 Å². The lowest BCUT2D eigenvalue weighted by Crippen LogP contribution is -1.99. The lowest BCUT2D eigenvalue weighted by atomic mass is 10.1. The molecule has 0 spiro atoms. The van der Waals surface area contributed by atoms with Crippen molar-refractivity contribution in [2.24, 2.45) is 5.73 Å². The van der Waals surface area contributed by atoms with Crippen molar-refractivity contribution in [1.82, 2.24) is 0 Å². The van der Waals surface area contributed by atoms with Gasteiger partial charge in [-0.05, 0) is 25.8 Å². The van der Waals surface area contributed by atoms with Gasteiger partial charge in [0.15, 0.2) is 0 Å². The molecule has 0 amide bonds. The number of nitrogens with two attached hydrogens (primary N) is 1. The van der Waals surface area contributed by atoms with Crippen LogP contribution in [0.25, 0.3) is 0 Å². The molecule has 0 atom stereocenters. The highest BCUT2D eigenvalue weighted by molar-refractivity contribution is 4.46. The van der Waals surface area contributed by atoms with Crippen molar-refractivity contribution in [2.75, 3.05) is 19.8 Å². The molecule has 104 valence electrons. The molecule has 0 aliphatic carbocycles. The van der Waals surface area contributed by atoms with Gasteiger partial charge in [-0.15, -0.1) is 0 Å². The summed E-state index contributed by atoms with van der Waals surface area (Å²) in [5.74, 6) is 0. The van der Waals surface area contributed by atoms with Gasteiger partial charge < -0.3 is 10.5 Å². The maximum Gasteiger partial charge on any atom is 0.0466 e. The van der Waals surface area contributed by atoms with Gasteiger partial charge in [0, 0.05) is 13.2 Å². The average Bonchev–Trinajstić information content (AvgIpc) is 2.35. The first-order valence-electron chi connectivity index (χ1n) is 7.69. The maximum absolute atomic E-state index is 5.62. The van der Waals surface area contributed by atoms with Crippen LogP contribution in [-0.4, -0.2) is 19.8 Å². The van der Waals surface area contributed by atoms with E-state index in [1.165, 1.54) is 70.6 Å². The molecule has 2 nitrogen and oxygen atoms in total. The highest BCUT2D eigenvalue weighted by atomic mass is 16.5. The second-order valence-electron chi connectivity index (χ2n) is 4.94. The summed E-state index contributed by atoms with van der Waals surface area (Å²) in [6, 6.07) is 0. The van der Waals surface area contributed by atoms with Crippen molar-refractivity contribution in [3.05, 3.63) is 0 Å². The fraction of sp³-hybridized carbons (Fsp3) is 1.00. The van der Waals surface area contributed by atoms with Crippen molar-refractivity contribution >= 4 is 0 Å². The lowest BCUT2D eigenvalue weighted by Gasteiger charge is -2.04. The number of hydrogen-bond acceptors (Lipinski definition) is 2. The zero-order valence-corrected chi connectivity index (χ0v) is 11.9. The standard InChI is InChI=1S/C15H33NO/c1-2-3-4-5-8-11-14-17-15-12-9-6-7-10-13-16/h2-16H2,1H3. The van der Waals surface area contributed by atoms with Gasteiger partial charge in [-0.3, -0.25) is 0 Å². The minimum absolute atomic E-state index is 0.842. The Bertz CT molecular complexity index is 114. The molecule has 2 heteroatoms. The summed E-state index contributed by atoms with van der Waals surface area (Å²) >= 11 is 0. The minimum Gasteiger partial charge on any atom is -0.381 e. The van der Waals surface area contributed by atoms with Crippen LogP contribution in [0.4, 0.5) is 0 Å². The fourth-order valence-electron chi connectivity index (χ4n) is 1.97. The van der Waals surface area contributed by atoms with E-state index in [9.17, 15) is 0 Å². The van der Waals surface area contributed by atoms with E-state index < -0.39 is 0 Å². The van der Waals surface area contributed by atoms with Gasteiger partial charge in [-0.1, -0.05) is 58.3 Å². The minimum atomic E-state index is 0.842. The summed E-state index contributed by atoms with van der Waals surface area (Å²) < 4.78 is 5.62. The molecule has 0 radical (unpaired) electrons. The molecular weight excluding hydrogens is 210 g/mol. The molecule has 0 heterocycles. The second-order valence-corrected chi connectivity index (χ2v) is 4.94. The molecule has 17 heavy (non-hydrogen) atoms. The van der Waals surface area contributed by atoms with Crippen molar-refractivity contribution in [3.8, 4) is 0 Å². The summed E-state index contributed by atoms with van der Waals surface area (Å²) in [5.41, 5.74) is 5.44. The van der Waals surface area contributed by atoms with Crippen LogP contribution in [0.5, 0.6) is 0 Å². The van der Waals surface area contributed by atoms with E-state index in [-0.39, 0.29) is 0 Å². The molecule has 2 N–H and O–H groups in total. The molecule has 0 fully saturated rings. The smallest absolute Gasteiger partial charge is 0.0466 e. The third kappa shape index (κ3) is 15.9. The van der Waals surface area contributed by atoms with Crippen LogP contribution >= 0.6 is 0 Å². The molecule has 0 aliphatic rings. The van der Waals surface area contributed by atoms with E-state index >= 15 is 0 Å². The zero-order valence-electron chi connectivity index (χ0n) is 11.9. The normalized spacial score (nSPS) is 10.9. The van der Waals surface area contributed by atoms with E-state index in [1.807, 2.05) is 0 Å². The molecular formula is C15H33NO. The van der Waals surface area contributed by atoms with Gasteiger partial charge in [-0.25, -0.2) is 0 Å². The largest absolute Gasteiger partial charge is 0.381 e. The Morgan fingerprint density at radius 2 is 1.12 bits per heavy atom. The van der Waals surface area contributed by atoms with E-state index in [0.717, 1.165) is 19.8 Å².